The van der Waals surface area contributed by atoms with E-state index in [4.69, 9.17) is 16.3 Å². The van der Waals surface area contributed by atoms with Gasteiger partial charge >= 0.3 is 5.97 Å². The highest BCUT2D eigenvalue weighted by Crippen LogP contribution is 2.30. The van der Waals surface area contributed by atoms with E-state index in [1.807, 2.05) is 0 Å². The zero-order chi connectivity index (χ0) is 13.7. The van der Waals surface area contributed by atoms with Gasteiger partial charge in [-0.25, -0.2) is 13.8 Å². The third kappa shape index (κ3) is 3.62. The van der Waals surface area contributed by atoms with E-state index in [0.717, 1.165) is 6.20 Å². The lowest BCUT2D eigenvalue weighted by molar-refractivity contribution is -0.142. The summed E-state index contributed by atoms with van der Waals surface area (Å²) in [6.07, 6.45) is -1.91. The molecule has 1 aromatic heterocycles. The zero-order valence-electron chi connectivity index (χ0n) is 9.55. The summed E-state index contributed by atoms with van der Waals surface area (Å²) in [5.74, 6) is -0.577. The van der Waals surface area contributed by atoms with Crippen LogP contribution >= 0.6 is 27.5 Å². The van der Waals surface area contributed by atoms with Gasteiger partial charge in [-0.1, -0.05) is 0 Å². The first-order valence-corrected chi connectivity index (χ1v) is 6.49. The Kier molecular flexibility index (Phi) is 5.95. The number of hydrogen-bond acceptors (Lipinski definition) is 3. The molecule has 0 aromatic carbocycles. The largest absolute Gasteiger partial charge is 0.466 e. The number of ether oxygens (including phenoxy) is 1. The van der Waals surface area contributed by atoms with Gasteiger partial charge in [-0.2, -0.15) is 0 Å². The minimum Gasteiger partial charge on any atom is -0.466 e. The molecule has 0 atom stereocenters. The van der Waals surface area contributed by atoms with E-state index in [2.05, 4.69) is 20.9 Å². The van der Waals surface area contributed by atoms with Gasteiger partial charge in [0.1, 0.15) is 4.60 Å². The Morgan fingerprint density at radius 3 is 2.72 bits per heavy atom. The first kappa shape index (κ1) is 15.3. The van der Waals surface area contributed by atoms with Crippen molar-refractivity contribution in [1.82, 2.24) is 4.98 Å². The van der Waals surface area contributed by atoms with Crippen LogP contribution in [0.3, 0.4) is 0 Å². The number of pyridine rings is 1. The van der Waals surface area contributed by atoms with Crippen molar-refractivity contribution in [3.8, 4) is 0 Å². The summed E-state index contributed by atoms with van der Waals surface area (Å²) in [6, 6.07) is 0. The van der Waals surface area contributed by atoms with Crippen LogP contribution in [0.15, 0.2) is 10.8 Å². The van der Waals surface area contributed by atoms with Crippen LogP contribution in [-0.4, -0.2) is 17.6 Å². The molecule has 0 saturated carbocycles. The van der Waals surface area contributed by atoms with E-state index < -0.39 is 12.4 Å². The van der Waals surface area contributed by atoms with Crippen LogP contribution in [0, 0.1) is 0 Å². The summed E-state index contributed by atoms with van der Waals surface area (Å²) in [5, 5.41) is 0. The standard InChI is InChI=1S/C11H11BrClF2NO2/c1-2-18-9(17)3-6-7(4-13)10(12)16-5-8(6)11(14)15/h5,11H,2-4H2,1H3. The van der Waals surface area contributed by atoms with Gasteiger partial charge in [-0.15, -0.1) is 11.6 Å². The van der Waals surface area contributed by atoms with Crippen LogP contribution in [0.5, 0.6) is 0 Å². The molecule has 0 aliphatic rings. The van der Waals surface area contributed by atoms with E-state index >= 15 is 0 Å². The fraction of sp³-hybridized carbons (Fsp3) is 0.455. The summed E-state index contributed by atoms with van der Waals surface area (Å²) >= 11 is 8.83. The maximum atomic E-state index is 12.9. The number of rotatable bonds is 5. The minimum atomic E-state index is -2.71. The van der Waals surface area contributed by atoms with Crippen molar-refractivity contribution in [2.24, 2.45) is 0 Å². The summed E-state index contributed by atoms with van der Waals surface area (Å²) in [7, 11) is 0. The molecule has 7 heteroatoms. The van der Waals surface area contributed by atoms with Crippen LogP contribution < -0.4 is 0 Å². The Bertz CT molecular complexity index is 443. The van der Waals surface area contributed by atoms with Crippen LogP contribution in [0.4, 0.5) is 8.78 Å². The van der Waals surface area contributed by atoms with Crippen molar-refractivity contribution in [3.05, 3.63) is 27.5 Å². The third-order valence-electron chi connectivity index (χ3n) is 2.27. The van der Waals surface area contributed by atoms with E-state index in [1.54, 1.807) is 6.92 Å². The molecule has 1 heterocycles. The number of alkyl halides is 3. The molecule has 0 aliphatic heterocycles. The molecular formula is C11H11BrClF2NO2. The van der Waals surface area contributed by atoms with Crippen molar-refractivity contribution in [2.75, 3.05) is 6.61 Å². The van der Waals surface area contributed by atoms with Gasteiger partial charge in [0.15, 0.2) is 0 Å². The monoisotopic (exact) mass is 341 g/mol. The number of nitrogens with zero attached hydrogens (tertiary/aromatic N) is 1. The highest BCUT2D eigenvalue weighted by atomic mass is 79.9. The maximum absolute atomic E-state index is 12.9. The summed E-state index contributed by atoms with van der Waals surface area (Å²) < 4.78 is 30.8. The second-order valence-corrected chi connectivity index (χ2v) is 4.40. The van der Waals surface area contributed by atoms with Crippen molar-refractivity contribution in [2.45, 2.75) is 25.7 Å². The Morgan fingerprint density at radius 2 is 2.22 bits per heavy atom. The molecule has 0 spiro atoms. The Labute approximate surface area is 117 Å². The topological polar surface area (TPSA) is 39.2 Å². The van der Waals surface area contributed by atoms with Crippen molar-refractivity contribution in [1.29, 1.82) is 0 Å². The molecule has 3 nitrogen and oxygen atoms in total. The summed E-state index contributed by atoms with van der Waals surface area (Å²) in [6.45, 7) is 1.85. The molecule has 0 fully saturated rings. The molecule has 1 rings (SSSR count). The molecular weight excluding hydrogens is 331 g/mol. The first-order valence-electron chi connectivity index (χ1n) is 5.17. The zero-order valence-corrected chi connectivity index (χ0v) is 11.9. The first-order chi connectivity index (χ1) is 8.51. The summed E-state index contributed by atoms with van der Waals surface area (Å²) in [5.41, 5.74) is 0.282. The molecule has 0 N–H and O–H groups in total. The van der Waals surface area contributed by atoms with Gasteiger partial charge in [0.05, 0.1) is 18.9 Å². The van der Waals surface area contributed by atoms with Gasteiger partial charge in [0.25, 0.3) is 6.43 Å². The predicted octanol–water partition coefficient (Wildman–Crippen LogP) is 3.63. The Hall–Kier alpha value is -0.750. The van der Waals surface area contributed by atoms with Crippen LogP contribution in [-0.2, 0) is 21.8 Å². The van der Waals surface area contributed by atoms with Gasteiger partial charge in [0, 0.05) is 17.3 Å². The number of carbonyl (C=O) groups is 1. The van der Waals surface area contributed by atoms with Crippen molar-refractivity contribution < 1.29 is 18.3 Å². The molecule has 0 bridgehead atoms. The highest BCUT2D eigenvalue weighted by molar-refractivity contribution is 9.10. The second-order valence-electron chi connectivity index (χ2n) is 3.38. The average Bonchev–Trinajstić information content (AvgIpc) is 2.29. The Balaban J connectivity index is 3.19. The highest BCUT2D eigenvalue weighted by Gasteiger charge is 2.21. The molecule has 1 aromatic rings. The molecule has 0 unspecified atom stereocenters. The fourth-order valence-electron chi connectivity index (χ4n) is 1.47. The number of hydrogen-bond donors (Lipinski definition) is 0. The lowest BCUT2D eigenvalue weighted by Gasteiger charge is -2.13. The van der Waals surface area contributed by atoms with Gasteiger partial charge in [-0.05, 0) is 28.4 Å². The molecule has 0 radical (unpaired) electrons. The molecule has 18 heavy (non-hydrogen) atoms. The van der Waals surface area contributed by atoms with Crippen molar-refractivity contribution in [3.63, 3.8) is 0 Å². The number of halogens is 4. The molecule has 0 amide bonds. The number of carbonyl (C=O) groups excluding carboxylic acids is 1. The second kappa shape index (κ2) is 6.99. The third-order valence-corrected chi connectivity index (χ3v) is 3.22. The van der Waals surface area contributed by atoms with E-state index in [1.165, 1.54) is 0 Å². The van der Waals surface area contributed by atoms with Crippen LogP contribution in [0.25, 0.3) is 0 Å². The van der Waals surface area contributed by atoms with E-state index in [0.29, 0.717) is 10.2 Å². The molecule has 0 aliphatic carbocycles. The lowest BCUT2D eigenvalue weighted by atomic mass is 10.0. The quantitative estimate of drug-likeness (QED) is 0.466. The van der Waals surface area contributed by atoms with E-state index in [9.17, 15) is 13.6 Å². The van der Waals surface area contributed by atoms with Gasteiger partial charge < -0.3 is 4.74 Å². The maximum Gasteiger partial charge on any atom is 0.310 e. The van der Waals surface area contributed by atoms with Crippen LogP contribution in [0.1, 0.15) is 30.0 Å². The summed E-state index contributed by atoms with van der Waals surface area (Å²) in [4.78, 5) is 15.2. The molecule has 100 valence electrons. The van der Waals surface area contributed by atoms with Gasteiger partial charge in [0.2, 0.25) is 0 Å². The number of aromatic nitrogens is 1. The lowest BCUT2D eigenvalue weighted by Crippen LogP contribution is -2.12. The minimum absolute atomic E-state index is 0.0110. The van der Waals surface area contributed by atoms with Crippen molar-refractivity contribution >= 4 is 33.5 Å². The predicted molar refractivity (Wildman–Crippen MR) is 66.8 cm³/mol. The fourth-order valence-corrected chi connectivity index (χ4v) is 2.40. The van der Waals surface area contributed by atoms with E-state index in [-0.39, 0.29) is 30.0 Å². The Morgan fingerprint density at radius 1 is 1.56 bits per heavy atom. The average molecular weight is 343 g/mol. The smallest absolute Gasteiger partial charge is 0.310 e. The SMILES string of the molecule is CCOC(=O)Cc1c(C(F)F)cnc(Br)c1CCl. The normalized spacial score (nSPS) is 10.8. The van der Waals surface area contributed by atoms with Gasteiger partial charge in [-0.3, -0.25) is 4.79 Å². The molecule has 0 saturated heterocycles. The number of esters is 1. The van der Waals surface area contributed by atoms with Crippen LogP contribution in [0.2, 0.25) is 0 Å².